The molecule has 1 aromatic heterocycles. The van der Waals surface area contributed by atoms with Gasteiger partial charge < -0.3 is 0 Å². The third-order valence-corrected chi connectivity index (χ3v) is 12.3. The molecule has 0 spiro atoms. The molecule has 0 amide bonds. The van der Waals surface area contributed by atoms with Gasteiger partial charge in [0.25, 0.3) is 0 Å². The summed E-state index contributed by atoms with van der Waals surface area (Å²) >= 11 is 0. The quantitative estimate of drug-likeness (QED) is 0.128. The monoisotopic (exact) mass is 724 g/mol. The Bertz CT molecular complexity index is 3540. The van der Waals surface area contributed by atoms with Gasteiger partial charge in [0.2, 0.25) is 0 Å². The standard InChI is InChI=1S/C55H36N2/c1-2-51-56-48-21-10-11-22-50(48)57(51)49-32-31-43(39-17-6-7-18-40(39)49)55-42-20-9-8-19-41(42)54(46-30-27-38(33-47(46)55)34-13-4-3-5-14-34)45-29-26-37-24-23-35-15-12-16-36-25-28-44(45)53(37)52(35)36/h3-33H,2H2,1H3. The number of aromatic nitrogens is 2. The topological polar surface area (TPSA) is 17.8 Å². The zero-order valence-corrected chi connectivity index (χ0v) is 31.5. The Balaban J connectivity index is 1.21. The molecule has 0 radical (unpaired) electrons. The van der Waals surface area contributed by atoms with E-state index < -0.39 is 0 Å². The lowest BCUT2D eigenvalue weighted by Gasteiger charge is -2.22. The first kappa shape index (κ1) is 32.0. The third kappa shape index (κ3) is 4.68. The van der Waals surface area contributed by atoms with Crippen LogP contribution in [0.5, 0.6) is 0 Å². The van der Waals surface area contributed by atoms with Crippen molar-refractivity contribution in [2.75, 3.05) is 0 Å². The predicted octanol–water partition coefficient (Wildman–Crippen LogP) is 14.9. The van der Waals surface area contributed by atoms with E-state index in [2.05, 4.69) is 200 Å². The summed E-state index contributed by atoms with van der Waals surface area (Å²) < 4.78 is 2.36. The van der Waals surface area contributed by atoms with Crippen molar-refractivity contribution < 1.29 is 0 Å². The van der Waals surface area contributed by atoms with Gasteiger partial charge in [-0.2, -0.15) is 0 Å². The second kappa shape index (κ2) is 12.4. The third-order valence-electron chi connectivity index (χ3n) is 12.3. The number of para-hydroxylation sites is 2. The van der Waals surface area contributed by atoms with Crippen LogP contribution in [0.3, 0.4) is 0 Å². The Morgan fingerprint density at radius 3 is 1.77 bits per heavy atom. The van der Waals surface area contributed by atoms with E-state index in [1.54, 1.807) is 0 Å². The molecule has 0 N–H and O–H groups in total. The predicted molar refractivity (Wildman–Crippen MR) is 243 cm³/mol. The average molecular weight is 725 g/mol. The maximum absolute atomic E-state index is 5.07. The van der Waals surface area contributed by atoms with E-state index in [0.29, 0.717) is 0 Å². The summed E-state index contributed by atoms with van der Waals surface area (Å²) in [4.78, 5) is 5.07. The van der Waals surface area contributed by atoms with Gasteiger partial charge in [-0.25, -0.2) is 4.98 Å². The van der Waals surface area contributed by atoms with Gasteiger partial charge in [-0.1, -0.05) is 171 Å². The highest BCUT2D eigenvalue weighted by atomic mass is 15.1. The first-order valence-electron chi connectivity index (χ1n) is 19.9. The molecule has 12 aromatic rings. The molecule has 1 heterocycles. The summed E-state index contributed by atoms with van der Waals surface area (Å²) in [6, 6.07) is 69.6. The fourth-order valence-corrected chi connectivity index (χ4v) is 9.80. The van der Waals surface area contributed by atoms with Crippen molar-refractivity contribution >= 4 is 75.7 Å². The molecule has 0 aliphatic rings. The molecular weight excluding hydrogens is 689 g/mol. The van der Waals surface area contributed by atoms with E-state index >= 15 is 0 Å². The maximum atomic E-state index is 5.07. The average Bonchev–Trinajstić information content (AvgIpc) is 3.66. The van der Waals surface area contributed by atoms with Crippen molar-refractivity contribution in [3.63, 3.8) is 0 Å². The number of hydrogen-bond acceptors (Lipinski definition) is 1. The Hall–Kier alpha value is -7.29. The molecule has 11 aromatic carbocycles. The molecular formula is C55H36N2. The van der Waals surface area contributed by atoms with Crippen molar-refractivity contribution in [2.24, 2.45) is 0 Å². The Labute approximate surface area is 330 Å². The highest BCUT2D eigenvalue weighted by molar-refractivity contribution is 6.30. The molecule has 2 heteroatoms. The zero-order valence-electron chi connectivity index (χ0n) is 31.5. The van der Waals surface area contributed by atoms with Crippen LogP contribution in [-0.4, -0.2) is 9.55 Å². The molecule has 0 saturated heterocycles. The van der Waals surface area contributed by atoms with Crippen LogP contribution in [0.1, 0.15) is 12.7 Å². The smallest absolute Gasteiger partial charge is 0.114 e. The summed E-state index contributed by atoms with van der Waals surface area (Å²) in [7, 11) is 0. The molecule has 0 saturated carbocycles. The normalized spacial score (nSPS) is 12.0. The molecule has 0 atom stereocenters. The van der Waals surface area contributed by atoms with E-state index in [0.717, 1.165) is 29.0 Å². The number of imidazole rings is 1. The van der Waals surface area contributed by atoms with E-state index in [-0.39, 0.29) is 0 Å². The van der Waals surface area contributed by atoms with Crippen molar-refractivity contribution in [2.45, 2.75) is 13.3 Å². The van der Waals surface area contributed by atoms with Crippen molar-refractivity contribution in [3.05, 3.63) is 194 Å². The molecule has 0 aliphatic heterocycles. The highest BCUT2D eigenvalue weighted by Crippen LogP contribution is 2.49. The fourth-order valence-electron chi connectivity index (χ4n) is 9.80. The second-order valence-corrected chi connectivity index (χ2v) is 15.3. The molecule has 0 unspecified atom stereocenters. The minimum atomic E-state index is 0.840. The minimum absolute atomic E-state index is 0.840. The Morgan fingerprint density at radius 2 is 0.982 bits per heavy atom. The number of nitrogens with zero attached hydrogens (tertiary/aromatic N) is 2. The fraction of sp³-hybridized carbons (Fsp3) is 0.0364. The van der Waals surface area contributed by atoms with Gasteiger partial charge in [0, 0.05) is 11.8 Å². The first-order chi connectivity index (χ1) is 28.2. The maximum Gasteiger partial charge on any atom is 0.114 e. The Morgan fingerprint density at radius 1 is 0.404 bits per heavy atom. The summed E-state index contributed by atoms with van der Waals surface area (Å²) in [5.74, 6) is 1.06. The molecule has 0 fully saturated rings. The van der Waals surface area contributed by atoms with Crippen molar-refractivity contribution in [1.82, 2.24) is 9.55 Å². The van der Waals surface area contributed by atoms with Crippen LogP contribution in [0.2, 0.25) is 0 Å². The lowest BCUT2D eigenvalue weighted by Crippen LogP contribution is -2.01. The van der Waals surface area contributed by atoms with Crippen LogP contribution in [0.4, 0.5) is 0 Å². The zero-order chi connectivity index (χ0) is 37.6. The molecule has 0 aliphatic carbocycles. The molecule has 2 nitrogen and oxygen atoms in total. The number of rotatable bonds is 5. The Kier molecular flexibility index (Phi) is 6.94. The van der Waals surface area contributed by atoms with Crippen molar-refractivity contribution in [1.29, 1.82) is 0 Å². The number of benzene rings is 11. The van der Waals surface area contributed by atoms with E-state index in [1.807, 2.05) is 0 Å². The van der Waals surface area contributed by atoms with Crippen LogP contribution in [-0.2, 0) is 6.42 Å². The van der Waals surface area contributed by atoms with Gasteiger partial charge in [-0.05, 0) is 117 Å². The van der Waals surface area contributed by atoms with Crippen LogP contribution in [0.15, 0.2) is 188 Å². The van der Waals surface area contributed by atoms with Crippen LogP contribution < -0.4 is 0 Å². The number of aryl methyl sites for hydroxylation is 1. The van der Waals surface area contributed by atoms with Crippen LogP contribution in [0, 0.1) is 0 Å². The van der Waals surface area contributed by atoms with E-state index in [9.17, 15) is 0 Å². The molecule has 266 valence electrons. The summed E-state index contributed by atoms with van der Waals surface area (Å²) in [6.07, 6.45) is 0.840. The second-order valence-electron chi connectivity index (χ2n) is 15.3. The van der Waals surface area contributed by atoms with Crippen LogP contribution >= 0.6 is 0 Å². The molecule has 0 bridgehead atoms. The number of fused-ring (bicyclic) bond motifs is 4. The SMILES string of the molecule is CCc1nc2ccccc2n1-c1ccc(-c2c3ccccc3c(-c3ccc4ccc5cccc6ccc3c4c56)c3ccc(-c4ccccc4)cc23)c2ccccc12. The molecule has 57 heavy (non-hydrogen) atoms. The van der Waals surface area contributed by atoms with Gasteiger partial charge in [0.05, 0.1) is 16.7 Å². The van der Waals surface area contributed by atoms with Gasteiger partial charge in [-0.3, -0.25) is 4.57 Å². The van der Waals surface area contributed by atoms with Gasteiger partial charge in [0.1, 0.15) is 5.82 Å². The van der Waals surface area contributed by atoms with Crippen LogP contribution in [0.25, 0.3) is 115 Å². The lowest BCUT2D eigenvalue weighted by atomic mass is 9.82. The van der Waals surface area contributed by atoms with Gasteiger partial charge in [0.15, 0.2) is 0 Å². The summed E-state index contributed by atoms with van der Waals surface area (Å²) in [5, 5.41) is 15.2. The highest BCUT2D eigenvalue weighted by Gasteiger charge is 2.22. The summed E-state index contributed by atoms with van der Waals surface area (Å²) in [6.45, 7) is 2.19. The lowest BCUT2D eigenvalue weighted by molar-refractivity contribution is 0.913. The minimum Gasteiger partial charge on any atom is -0.296 e. The first-order valence-corrected chi connectivity index (χ1v) is 19.9. The van der Waals surface area contributed by atoms with E-state index in [4.69, 9.17) is 4.98 Å². The van der Waals surface area contributed by atoms with Crippen molar-refractivity contribution in [3.8, 4) is 39.1 Å². The number of hydrogen-bond donors (Lipinski definition) is 0. The molecule has 12 rings (SSSR count). The largest absolute Gasteiger partial charge is 0.296 e. The summed E-state index contributed by atoms with van der Waals surface area (Å²) in [5.41, 5.74) is 10.8. The van der Waals surface area contributed by atoms with Gasteiger partial charge >= 0.3 is 0 Å². The van der Waals surface area contributed by atoms with Gasteiger partial charge in [-0.15, -0.1) is 0 Å². The van der Waals surface area contributed by atoms with E-state index in [1.165, 1.54) is 98.0 Å².